The van der Waals surface area contributed by atoms with Crippen LogP contribution in [0.2, 0.25) is 0 Å². The van der Waals surface area contributed by atoms with Gasteiger partial charge in [0.2, 0.25) is 0 Å². The van der Waals surface area contributed by atoms with E-state index in [1.54, 1.807) is 0 Å². The van der Waals surface area contributed by atoms with Crippen molar-refractivity contribution in [2.75, 3.05) is 12.3 Å². The molecule has 0 aromatic carbocycles. The summed E-state index contributed by atoms with van der Waals surface area (Å²) < 4.78 is 21.3. The van der Waals surface area contributed by atoms with E-state index in [1.807, 2.05) is 0 Å². The van der Waals surface area contributed by atoms with Crippen molar-refractivity contribution in [1.82, 2.24) is 9.55 Å². The van der Waals surface area contributed by atoms with Crippen LogP contribution in [0.25, 0.3) is 0 Å². The number of aliphatic hydroxyl groups excluding tert-OH is 1. The first-order valence-corrected chi connectivity index (χ1v) is 7.17. The summed E-state index contributed by atoms with van der Waals surface area (Å²) in [5.74, 6) is 0.0613. The monoisotopic (exact) mass is 330 g/mol. The Balaban J connectivity index is 0.00000220. The number of anilines is 1. The fourth-order valence-electron chi connectivity index (χ4n) is 1.85. The van der Waals surface area contributed by atoms with E-state index in [0.717, 1.165) is 4.57 Å². The second-order valence-electron chi connectivity index (χ2n) is 4.26. The fraction of sp³-hybridized carbons (Fsp3) is 0.556. The van der Waals surface area contributed by atoms with Crippen LogP contribution >= 0.6 is 7.82 Å². The molecule has 0 saturated carbocycles. The number of nitrogens with two attached hydrogens (primary N) is 1. The molecule has 2 heterocycles. The largest absolute Gasteiger partial charge is 0.469 e. The van der Waals surface area contributed by atoms with E-state index < -0.39 is 38.6 Å². The van der Waals surface area contributed by atoms with E-state index in [4.69, 9.17) is 20.3 Å². The molecule has 0 amide bonds. The molecule has 1 fully saturated rings. The maximum absolute atomic E-state index is 11.6. The number of nitrogen functional groups attached to an aromatic ring is 1. The molecule has 1 aromatic rings. The number of phosphoric acid groups is 1. The zero-order chi connectivity index (χ0) is 14.9. The van der Waals surface area contributed by atoms with Crippen molar-refractivity contribution in [3.8, 4) is 0 Å². The van der Waals surface area contributed by atoms with Crippen LogP contribution in [0, 0.1) is 0 Å². The van der Waals surface area contributed by atoms with E-state index in [2.05, 4.69) is 9.51 Å². The molecule has 0 bridgehead atoms. The van der Waals surface area contributed by atoms with Gasteiger partial charge in [0.15, 0.2) is 0 Å². The molecular formula is C9H14N3NaO7P. The summed E-state index contributed by atoms with van der Waals surface area (Å²) in [6.45, 7) is -0.487. The number of aliphatic hydroxyl groups is 1. The average molecular weight is 330 g/mol. The van der Waals surface area contributed by atoms with Crippen molar-refractivity contribution in [3.63, 3.8) is 0 Å². The zero-order valence-electron chi connectivity index (χ0n) is 11.2. The van der Waals surface area contributed by atoms with Crippen molar-refractivity contribution >= 4 is 43.2 Å². The molecule has 2 rings (SSSR count). The Morgan fingerprint density at radius 2 is 2.24 bits per heavy atom. The van der Waals surface area contributed by atoms with Crippen molar-refractivity contribution in [3.05, 3.63) is 22.7 Å². The standard InChI is InChI=1S/C9H14N3O7P.Na/c10-7-1-2-12(9(14)11-7)8-3-5(13)6(19-8)4-18-20(15,16)17;/h1-2,5-6,8,13H,3-4H2,(H2,10,11,14)(H2,15,16,17);. The number of ether oxygens (including phenoxy) is 1. The van der Waals surface area contributed by atoms with Crippen LogP contribution in [-0.4, -0.2) is 72.8 Å². The second-order valence-corrected chi connectivity index (χ2v) is 5.50. The number of hydrogen-bond acceptors (Lipinski definition) is 7. The Labute approximate surface area is 141 Å². The Morgan fingerprint density at radius 1 is 1.57 bits per heavy atom. The molecule has 0 spiro atoms. The van der Waals surface area contributed by atoms with Crippen LogP contribution < -0.4 is 11.4 Å². The number of nitrogens with zero attached hydrogens (tertiary/aromatic N) is 2. The third-order valence-electron chi connectivity index (χ3n) is 2.77. The van der Waals surface area contributed by atoms with Gasteiger partial charge < -0.3 is 25.4 Å². The van der Waals surface area contributed by atoms with Gasteiger partial charge in [-0.3, -0.25) is 9.09 Å². The number of rotatable bonds is 4. The van der Waals surface area contributed by atoms with Gasteiger partial charge in [-0.1, -0.05) is 0 Å². The summed E-state index contributed by atoms with van der Waals surface area (Å²) in [6, 6.07) is 1.40. The molecule has 3 unspecified atom stereocenters. The Morgan fingerprint density at radius 3 is 2.81 bits per heavy atom. The van der Waals surface area contributed by atoms with Gasteiger partial charge in [-0.05, 0) is 6.07 Å². The first kappa shape index (κ1) is 18.8. The maximum Gasteiger partial charge on any atom is 0.469 e. The van der Waals surface area contributed by atoms with Gasteiger partial charge in [0, 0.05) is 42.2 Å². The molecule has 1 radical (unpaired) electrons. The van der Waals surface area contributed by atoms with E-state index in [9.17, 15) is 14.5 Å². The molecule has 0 aliphatic carbocycles. The van der Waals surface area contributed by atoms with Gasteiger partial charge in [-0.15, -0.1) is 0 Å². The third-order valence-corrected chi connectivity index (χ3v) is 3.26. The van der Waals surface area contributed by atoms with E-state index in [-0.39, 0.29) is 41.8 Å². The van der Waals surface area contributed by atoms with Gasteiger partial charge in [0.1, 0.15) is 18.1 Å². The summed E-state index contributed by atoms with van der Waals surface area (Å²) in [4.78, 5) is 32.3. The smallest absolute Gasteiger partial charge is 0.390 e. The van der Waals surface area contributed by atoms with Crippen LogP contribution in [0.15, 0.2) is 17.1 Å². The Hall–Kier alpha value is -0.290. The van der Waals surface area contributed by atoms with Crippen molar-refractivity contribution in [2.24, 2.45) is 0 Å². The van der Waals surface area contributed by atoms with E-state index in [0.29, 0.717) is 0 Å². The first-order chi connectivity index (χ1) is 9.26. The van der Waals surface area contributed by atoms with Crippen molar-refractivity contribution < 1.29 is 28.7 Å². The minimum Gasteiger partial charge on any atom is -0.390 e. The number of aromatic nitrogens is 2. The van der Waals surface area contributed by atoms with Crippen LogP contribution in [0.1, 0.15) is 12.6 Å². The summed E-state index contributed by atoms with van der Waals surface area (Å²) in [5, 5.41) is 9.74. The van der Waals surface area contributed by atoms with Crippen molar-refractivity contribution in [2.45, 2.75) is 24.9 Å². The molecule has 1 aliphatic heterocycles. The summed E-state index contributed by atoms with van der Waals surface area (Å²) >= 11 is 0. The zero-order valence-corrected chi connectivity index (χ0v) is 14.1. The van der Waals surface area contributed by atoms with Gasteiger partial charge in [0.25, 0.3) is 0 Å². The second kappa shape index (κ2) is 7.32. The van der Waals surface area contributed by atoms with Crippen LogP contribution in [0.5, 0.6) is 0 Å². The van der Waals surface area contributed by atoms with Crippen LogP contribution in [0.3, 0.4) is 0 Å². The topological polar surface area (TPSA) is 157 Å². The molecule has 1 saturated heterocycles. The molecule has 21 heavy (non-hydrogen) atoms. The molecule has 1 aromatic heterocycles. The average Bonchev–Trinajstić information content (AvgIpc) is 2.67. The van der Waals surface area contributed by atoms with Crippen molar-refractivity contribution in [1.29, 1.82) is 0 Å². The minimum atomic E-state index is -4.64. The fourth-order valence-corrected chi connectivity index (χ4v) is 2.19. The quantitative estimate of drug-likeness (QED) is 0.369. The van der Waals surface area contributed by atoms with Crippen LogP contribution in [-0.2, 0) is 13.8 Å². The molecule has 5 N–H and O–H groups in total. The molecular weight excluding hydrogens is 316 g/mol. The first-order valence-electron chi connectivity index (χ1n) is 5.64. The van der Waals surface area contributed by atoms with Gasteiger partial charge in [-0.25, -0.2) is 9.36 Å². The molecule has 1 aliphatic rings. The molecule has 3 atom stereocenters. The van der Waals surface area contributed by atoms with Gasteiger partial charge in [0.05, 0.1) is 12.7 Å². The predicted molar refractivity (Wildman–Crippen MR) is 71.2 cm³/mol. The molecule has 10 nitrogen and oxygen atoms in total. The predicted octanol–water partition coefficient (Wildman–Crippen LogP) is -1.80. The van der Waals surface area contributed by atoms with E-state index in [1.165, 1.54) is 12.3 Å². The maximum atomic E-state index is 11.6. The van der Waals surface area contributed by atoms with Gasteiger partial charge >= 0.3 is 13.5 Å². The Kier molecular flexibility index (Phi) is 6.54. The normalized spacial score (nSPS) is 25.6. The summed E-state index contributed by atoms with van der Waals surface area (Å²) in [6.07, 6.45) is -1.32. The van der Waals surface area contributed by atoms with Crippen LogP contribution in [0.4, 0.5) is 5.82 Å². The minimum absolute atomic E-state index is 0. The molecule has 12 heteroatoms. The number of hydrogen-bond donors (Lipinski definition) is 4. The summed E-state index contributed by atoms with van der Waals surface area (Å²) in [7, 11) is -4.64. The summed E-state index contributed by atoms with van der Waals surface area (Å²) in [5.41, 5.74) is 4.72. The molecule has 113 valence electrons. The van der Waals surface area contributed by atoms with Gasteiger partial charge in [-0.2, -0.15) is 4.98 Å². The number of phosphoric ester groups is 1. The van der Waals surface area contributed by atoms with E-state index >= 15 is 0 Å². The SMILES string of the molecule is Nc1ccn(C2CC(O)C(COP(=O)(O)O)O2)c(=O)n1.[Na]. The Bertz CT molecular complexity index is 591. The third kappa shape index (κ3) is 5.13.